The number of ether oxygens (including phenoxy) is 1. The number of hydrogen-bond acceptors (Lipinski definition) is 3. The summed E-state index contributed by atoms with van der Waals surface area (Å²) in [6, 6.07) is 6.55. The third-order valence-corrected chi connectivity index (χ3v) is 2.73. The lowest BCUT2D eigenvalue weighted by molar-refractivity contribution is -0.136. The number of benzene rings is 1. The van der Waals surface area contributed by atoms with E-state index < -0.39 is 5.97 Å². The van der Waals surface area contributed by atoms with Crippen LogP contribution in [-0.2, 0) is 16.0 Å². The summed E-state index contributed by atoms with van der Waals surface area (Å²) in [5.41, 5.74) is 0.595. The largest absolute Gasteiger partial charge is 0.481 e. The summed E-state index contributed by atoms with van der Waals surface area (Å²) in [6.07, 6.45) is 0.562. The van der Waals surface area contributed by atoms with Gasteiger partial charge in [0.15, 0.2) is 5.90 Å². The summed E-state index contributed by atoms with van der Waals surface area (Å²) in [5.74, 6) is -0.669. The highest BCUT2D eigenvalue weighted by atomic mass is 19.1. The normalized spacial score (nSPS) is 18.3. The van der Waals surface area contributed by atoms with E-state index in [2.05, 4.69) is 4.99 Å². The molecule has 0 aromatic heterocycles. The molecular weight excluding hydrogens is 237 g/mol. The second-order valence-electron chi connectivity index (χ2n) is 4.16. The van der Waals surface area contributed by atoms with Gasteiger partial charge in [-0.15, -0.1) is 0 Å². The summed E-state index contributed by atoms with van der Waals surface area (Å²) < 4.78 is 18.9. The Morgan fingerprint density at radius 3 is 3.00 bits per heavy atom. The Kier molecular flexibility index (Phi) is 3.92. The molecule has 1 N–H and O–H groups in total. The van der Waals surface area contributed by atoms with E-state index in [0.29, 0.717) is 30.8 Å². The number of aliphatic imine (C=N–C) groups is 1. The first-order chi connectivity index (χ1) is 8.65. The van der Waals surface area contributed by atoms with E-state index >= 15 is 0 Å². The monoisotopic (exact) mass is 251 g/mol. The number of carboxylic acids is 1. The number of aliphatic carboxylic acids is 1. The van der Waals surface area contributed by atoms with Crippen LogP contribution in [0.4, 0.5) is 4.39 Å². The summed E-state index contributed by atoms with van der Waals surface area (Å²) in [7, 11) is 0. The molecule has 0 fully saturated rings. The van der Waals surface area contributed by atoms with Crippen molar-refractivity contribution >= 4 is 11.9 Å². The third kappa shape index (κ3) is 3.29. The van der Waals surface area contributed by atoms with E-state index in [-0.39, 0.29) is 18.3 Å². The Hall–Kier alpha value is -1.91. The summed E-state index contributed by atoms with van der Waals surface area (Å²) in [5, 5.41) is 8.55. The zero-order chi connectivity index (χ0) is 13.0. The predicted octanol–water partition coefficient (Wildman–Crippen LogP) is 2.03. The molecule has 1 heterocycles. The van der Waals surface area contributed by atoms with Crippen LogP contribution < -0.4 is 0 Å². The van der Waals surface area contributed by atoms with Crippen LogP contribution in [0.15, 0.2) is 29.3 Å². The minimum absolute atomic E-state index is 0.00521. The molecule has 0 spiro atoms. The van der Waals surface area contributed by atoms with Crippen molar-refractivity contribution in [1.29, 1.82) is 0 Å². The maximum atomic E-state index is 13.4. The first-order valence-corrected chi connectivity index (χ1v) is 5.80. The molecule has 1 aromatic carbocycles. The van der Waals surface area contributed by atoms with E-state index in [4.69, 9.17) is 9.84 Å². The van der Waals surface area contributed by atoms with Crippen molar-refractivity contribution in [3.8, 4) is 0 Å². The van der Waals surface area contributed by atoms with Crippen LogP contribution >= 0.6 is 0 Å². The van der Waals surface area contributed by atoms with Crippen LogP contribution in [0.2, 0.25) is 0 Å². The number of nitrogens with zero attached hydrogens (tertiary/aromatic N) is 1. The second-order valence-corrected chi connectivity index (χ2v) is 4.16. The molecule has 0 saturated carbocycles. The molecule has 0 saturated heterocycles. The summed E-state index contributed by atoms with van der Waals surface area (Å²) in [4.78, 5) is 14.5. The molecular formula is C13H14FNO3. The van der Waals surface area contributed by atoms with Crippen molar-refractivity contribution in [2.24, 2.45) is 4.99 Å². The smallest absolute Gasteiger partial charge is 0.303 e. The van der Waals surface area contributed by atoms with Gasteiger partial charge in [0.25, 0.3) is 0 Å². The Bertz CT molecular complexity index is 473. The van der Waals surface area contributed by atoms with E-state index in [9.17, 15) is 9.18 Å². The van der Waals surface area contributed by atoms with E-state index in [1.54, 1.807) is 18.2 Å². The fourth-order valence-electron chi connectivity index (χ4n) is 1.84. The Labute approximate surface area is 104 Å². The zero-order valence-electron chi connectivity index (χ0n) is 9.80. The van der Waals surface area contributed by atoms with Crippen molar-refractivity contribution in [3.63, 3.8) is 0 Å². The SMILES string of the molecule is O=C(O)CCC1=NCC(Cc2ccccc2F)O1. The Morgan fingerprint density at radius 2 is 2.28 bits per heavy atom. The number of halogens is 1. The van der Waals surface area contributed by atoms with Crippen molar-refractivity contribution in [2.75, 3.05) is 6.54 Å². The van der Waals surface area contributed by atoms with Gasteiger partial charge in [-0.3, -0.25) is 9.79 Å². The molecule has 0 aliphatic carbocycles. The highest BCUT2D eigenvalue weighted by Crippen LogP contribution is 2.16. The van der Waals surface area contributed by atoms with Crippen LogP contribution in [0.25, 0.3) is 0 Å². The van der Waals surface area contributed by atoms with Gasteiger partial charge in [-0.25, -0.2) is 4.39 Å². The summed E-state index contributed by atoms with van der Waals surface area (Å²) in [6.45, 7) is 0.462. The molecule has 4 nitrogen and oxygen atoms in total. The van der Waals surface area contributed by atoms with Gasteiger partial charge in [-0.05, 0) is 11.6 Å². The van der Waals surface area contributed by atoms with Crippen LogP contribution in [-0.4, -0.2) is 29.6 Å². The van der Waals surface area contributed by atoms with E-state index in [0.717, 1.165) is 0 Å². The molecule has 1 aliphatic heterocycles. The van der Waals surface area contributed by atoms with Crippen LogP contribution in [0, 0.1) is 5.82 Å². The van der Waals surface area contributed by atoms with Gasteiger partial charge < -0.3 is 9.84 Å². The highest BCUT2D eigenvalue weighted by Gasteiger charge is 2.21. The van der Waals surface area contributed by atoms with E-state index in [1.165, 1.54) is 6.07 Å². The van der Waals surface area contributed by atoms with Crippen molar-refractivity contribution in [3.05, 3.63) is 35.6 Å². The minimum atomic E-state index is -0.876. The standard InChI is InChI=1S/C13H14FNO3/c14-11-4-2-1-3-9(11)7-10-8-15-12(18-10)5-6-13(16)17/h1-4,10H,5-8H2,(H,16,17). The van der Waals surface area contributed by atoms with Gasteiger partial charge in [0, 0.05) is 12.8 Å². The molecule has 0 bridgehead atoms. The van der Waals surface area contributed by atoms with Gasteiger partial charge in [0.2, 0.25) is 0 Å². The molecule has 1 aliphatic rings. The topological polar surface area (TPSA) is 58.9 Å². The van der Waals surface area contributed by atoms with Crippen molar-refractivity contribution < 1.29 is 19.0 Å². The number of hydrogen-bond donors (Lipinski definition) is 1. The van der Waals surface area contributed by atoms with Gasteiger partial charge in [-0.2, -0.15) is 0 Å². The molecule has 0 radical (unpaired) electrons. The first-order valence-electron chi connectivity index (χ1n) is 5.80. The second kappa shape index (κ2) is 5.62. The lowest BCUT2D eigenvalue weighted by Gasteiger charge is -2.11. The average Bonchev–Trinajstić information content (AvgIpc) is 2.77. The predicted molar refractivity (Wildman–Crippen MR) is 64.1 cm³/mol. The zero-order valence-corrected chi connectivity index (χ0v) is 9.80. The van der Waals surface area contributed by atoms with Gasteiger partial charge >= 0.3 is 5.97 Å². The van der Waals surface area contributed by atoms with Gasteiger partial charge in [0.05, 0.1) is 13.0 Å². The third-order valence-electron chi connectivity index (χ3n) is 2.73. The maximum Gasteiger partial charge on any atom is 0.303 e. The Morgan fingerprint density at radius 1 is 1.50 bits per heavy atom. The molecule has 1 unspecified atom stereocenters. The van der Waals surface area contributed by atoms with Gasteiger partial charge in [-0.1, -0.05) is 18.2 Å². The molecule has 96 valence electrons. The van der Waals surface area contributed by atoms with Crippen molar-refractivity contribution in [1.82, 2.24) is 0 Å². The maximum absolute atomic E-state index is 13.4. The molecule has 1 aromatic rings. The first kappa shape index (κ1) is 12.5. The van der Waals surface area contributed by atoms with Crippen LogP contribution in [0.5, 0.6) is 0 Å². The number of rotatable bonds is 5. The fourth-order valence-corrected chi connectivity index (χ4v) is 1.84. The van der Waals surface area contributed by atoms with Crippen LogP contribution in [0.3, 0.4) is 0 Å². The minimum Gasteiger partial charge on any atom is -0.481 e. The lowest BCUT2D eigenvalue weighted by atomic mass is 10.1. The number of carbonyl (C=O) groups is 1. The summed E-state index contributed by atoms with van der Waals surface area (Å²) >= 11 is 0. The Balaban J connectivity index is 1.85. The lowest BCUT2D eigenvalue weighted by Crippen LogP contribution is -2.17. The number of carboxylic acid groups (broad SMARTS) is 1. The molecule has 18 heavy (non-hydrogen) atoms. The molecule has 0 amide bonds. The quantitative estimate of drug-likeness (QED) is 0.871. The van der Waals surface area contributed by atoms with Crippen LogP contribution in [0.1, 0.15) is 18.4 Å². The van der Waals surface area contributed by atoms with Crippen molar-refractivity contribution in [2.45, 2.75) is 25.4 Å². The molecule has 1 atom stereocenters. The van der Waals surface area contributed by atoms with Gasteiger partial charge in [0.1, 0.15) is 11.9 Å². The highest BCUT2D eigenvalue weighted by molar-refractivity contribution is 5.81. The fraction of sp³-hybridized carbons (Fsp3) is 0.385. The van der Waals surface area contributed by atoms with E-state index in [1.807, 2.05) is 0 Å². The average molecular weight is 251 g/mol. The molecule has 2 rings (SSSR count). The molecule has 5 heteroatoms.